The number of rotatable bonds is 14. The summed E-state index contributed by atoms with van der Waals surface area (Å²) in [7, 11) is -16.8. The first-order valence-electron chi connectivity index (χ1n) is 14.5. The number of hydrogen-bond donors (Lipinski definition) is 6. The van der Waals surface area contributed by atoms with Crippen LogP contribution in [0.2, 0.25) is 0 Å². The Labute approximate surface area is 282 Å². The molecule has 3 aromatic rings. The Morgan fingerprint density at radius 2 is 1.61 bits per heavy atom. The van der Waals surface area contributed by atoms with Crippen molar-refractivity contribution in [2.24, 2.45) is 0 Å². The average Bonchev–Trinajstić information content (AvgIpc) is 3.56. The van der Waals surface area contributed by atoms with Crippen molar-refractivity contribution in [1.29, 1.82) is 0 Å². The van der Waals surface area contributed by atoms with Crippen LogP contribution in [-0.4, -0.2) is 72.1 Å². The SMILES string of the molecule is Cc1cn([C@H]2C[C@H](SCCNC(=O)OCC3c4ccccc4-c4ccccc43)[C@@H](COP(=O)(O)OP(=O)(O)OP(=O)(O)O)O2)c(=O)[nH]c1=O. The maximum atomic E-state index is 12.6. The van der Waals surface area contributed by atoms with E-state index in [0.29, 0.717) is 0 Å². The number of H-pyrrole nitrogens is 1. The minimum atomic E-state index is -5.74. The van der Waals surface area contributed by atoms with Crippen LogP contribution < -0.4 is 16.6 Å². The number of benzene rings is 2. The normalized spacial score (nSPS) is 21.4. The van der Waals surface area contributed by atoms with Gasteiger partial charge in [0.15, 0.2) is 0 Å². The fraction of sp³-hybridized carbons (Fsp3) is 0.370. The zero-order chi connectivity index (χ0) is 35.6. The van der Waals surface area contributed by atoms with Crippen LogP contribution in [0.15, 0.2) is 64.3 Å². The van der Waals surface area contributed by atoms with Gasteiger partial charge >= 0.3 is 35.3 Å². The number of amides is 1. The summed E-state index contributed by atoms with van der Waals surface area (Å²) in [5, 5.41) is 2.10. The summed E-state index contributed by atoms with van der Waals surface area (Å²) in [6, 6.07) is 15.8. The lowest BCUT2D eigenvalue weighted by Gasteiger charge is -2.21. The fourth-order valence-electron chi connectivity index (χ4n) is 5.48. The van der Waals surface area contributed by atoms with Crippen LogP contribution in [0.25, 0.3) is 11.1 Å². The fourth-order valence-corrected chi connectivity index (χ4v) is 9.69. The summed E-state index contributed by atoms with van der Waals surface area (Å²) in [5.74, 6) is 0.145. The van der Waals surface area contributed by atoms with E-state index < -0.39 is 65.0 Å². The summed E-state index contributed by atoms with van der Waals surface area (Å²) >= 11 is 1.24. The summed E-state index contributed by atoms with van der Waals surface area (Å²) in [6.07, 6.45) is -1.30. The zero-order valence-electron chi connectivity index (χ0n) is 25.5. The highest BCUT2D eigenvalue weighted by molar-refractivity contribution is 8.00. The molecule has 0 spiro atoms. The smallest absolute Gasteiger partial charge is 0.449 e. The Hall–Kier alpha value is -2.89. The lowest BCUT2D eigenvalue weighted by Crippen LogP contribution is -2.33. The highest BCUT2D eigenvalue weighted by Crippen LogP contribution is 2.66. The number of carbonyl (C=O) groups excluding carboxylic acids is 1. The monoisotopic (exact) mass is 763 g/mol. The van der Waals surface area contributed by atoms with Gasteiger partial charge in [0.2, 0.25) is 0 Å². The quantitative estimate of drug-likeness (QED) is 0.102. The number of nitrogens with one attached hydrogen (secondary N) is 2. The molecule has 2 heterocycles. The molecule has 5 rings (SSSR count). The van der Waals surface area contributed by atoms with Gasteiger partial charge in [0.05, 0.1) is 12.7 Å². The number of thioether (sulfide) groups is 1. The van der Waals surface area contributed by atoms with Gasteiger partial charge in [-0.3, -0.25) is 18.9 Å². The molecule has 22 heteroatoms. The third kappa shape index (κ3) is 9.67. The number of ether oxygens (including phenoxy) is 2. The van der Waals surface area contributed by atoms with Gasteiger partial charge in [-0.15, -0.1) is 0 Å². The predicted octanol–water partition coefficient (Wildman–Crippen LogP) is 3.12. The number of aromatic nitrogens is 2. The topological polar surface area (TPSA) is 262 Å². The number of phosphoric acid groups is 3. The van der Waals surface area contributed by atoms with E-state index in [1.54, 1.807) is 0 Å². The van der Waals surface area contributed by atoms with Crippen LogP contribution in [0.5, 0.6) is 0 Å². The molecule has 1 aromatic heterocycles. The van der Waals surface area contributed by atoms with Gasteiger partial charge in [0.25, 0.3) is 5.56 Å². The van der Waals surface area contributed by atoms with Crippen LogP contribution in [0.1, 0.15) is 35.3 Å². The summed E-state index contributed by atoms with van der Waals surface area (Å²) in [6.45, 7) is 0.955. The zero-order valence-corrected chi connectivity index (χ0v) is 29.0. The van der Waals surface area contributed by atoms with Gasteiger partial charge in [-0.2, -0.15) is 20.4 Å². The number of hydrogen-bond acceptors (Lipinski definition) is 12. The first kappa shape index (κ1) is 37.4. The molecule has 18 nitrogen and oxygen atoms in total. The van der Waals surface area contributed by atoms with E-state index in [0.717, 1.165) is 26.8 Å². The van der Waals surface area contributed by atoms with Crippen molar-refractivity contribution in [3.05, 3.63) is 92.3 Å². The first-order valence-corrected chi connectivity index (χ1v) is 20.1. The standard InChI is InChI=1S/C27H32N3O15P3S/c1-16-13-30(26(32)29-25(16)31)24-12-23(22(43-24)15-42-47(37,38)45-48(39,40)44-46(34,35)36)49-11-10-28-27(33)41-14-21-19-8-4-2-6-17(19)18-7-3-5-9-20(18)21/h2-9,13,21-24H,10-12,14-15H2,1H3,(H,28,33)(H,37,38)(H,39,40)(H,29,31,32)(H2,34,35,36)/t22-,23+,24-/m1/s1. The van der Waals surface area contributed by atoms with E-state index in [2.05, 4.69) is 18.9 Å². The van der Waals surface area contributed by atoms with Crippen molar-refractivity contribution in [2.75, 3.05) is 25.5 Å². The van der Waals surface area contributed by atoms with Crippen LogP contribution in [-0.2, 0) is 36.3 Å². The van der Waals surface area contributed by atoms with Gasteiger partial charge < -0.3 is 34.4 Å². The molecule has 1 fully saturated rings. The van der Waals surface area contributed by atoms with E-state index in [9.17, 15) is 37.9 Å². The molecule has 2 aliphatic rings. The number of aryl methyl sites for hydroxylation is 1. The second-order valence-electron chi connectivity index (χ2n) is 10.9. The molecule has 0 saturated carbocycles. The van der Waals surface area contributed by atoms with E-state index in [4.69, 9.17) is 23.8 Å². The second kappa shape index (κ2) is 15.2. The van der Waals surface area contributed by atoms with E-state index in [-0.39, 0.29) is 36.8 Å². The van der Waals surface area contributed by atoms with E-state index >= 15 is 0 Å². The van der Waals surface area contributed by atoms with Crippen LogP contribution in [0, 0.1) is 6.92 Å². The third-order valence-corrected chi connectivity index (χ3v) is 12.7. The van der Waals surface area contributed by atoms with E-state index in [1.807, 2.05) is 48.5 Å². The van der Waals surface area contributed by atoms with Crippen LogP contribution in [0.3, 0.4) is 0 Å². The minimum Gasteiger partial charge on any atom is -0.449 e. The molecule has 1 aliphatic carbocycles. The molecule has 49 heavy (non-hydrogen) atoms. The number of aromatic amines is 1. The van der Waals surface area contributed by atoms with Crippen molar-refractivity contribution >= 4 is 41.3 Å². The lowest BCUT2D eigenvalue weighted by atomic mass is 9.98. The van der Waals surface area contributed by atoms with Gasteiger partial charge in [-0.05, 0) is 29.2 Å². The molecular formula is C27H32N3O15P3S. The van der Waals surface area contributed by atoms with Crippen molar-refractivity contribution in [3.63, 3.8) is 0 Å². The second-order valence-corrected chi connectivity index (χ2v) is 16.7. The molecule has 2 unspecified atom stereocenters. The Morgan fingerprint density at radius 3 is 2.24 bits per heavy atom. The van der Waals surface area contributed by atoms with E-state index in [1.165, 1.54) is 24.9 Å². The maximum absolute atomic E-state index is 12.6. The van der Waals surface area contributed by atoms with Gasteiger partial charge in [-0.1, -0.05) is 48.5 Å². The molecule has 2 aromatic carbocycles. The number of carbonyl (C=O) groups is 1. The Balaban J connectivity index is 1.18. The number of phosphoric ester groups is 1. The molecule has 0 radical (unpaired) electrons. The summed E-state index contributed by atoms with van der Waals surface area (Å²) in [5.41, 5.74) is 3.10. The molecule has 6 N–H and O–H groups in total. The minimum absolute atomic E-state index is 0.112. The first-order chi connectivity index (χ1) is 23.0. The van der Waals surface area contributed by atoms with Crippen molar-refractivity contribution in [1.82, 2.24) is 14.9 Å². The summed E-state index contributed by atoms with van der Waals surface area (Å²) in [4.78, 5) is 75.9. The number of alkyl carbamates (subject to hydrolysis) is 1. The van der Waals surface area contributed by atoms with Gasteiger partial charge in [0.1, 0.15) is 12.8 Å². The molecule has 1 amide bonds. The largest absolute Gasteiger partial charge is 0.490 e. The van der Waals surface area contributed by atoms with Crippen molar-refractivity contribution in [2.45, 2.75) is 36.8 Å². The average molecular weight is 764 g/mol. The third-order valence-electron chi connectivity index (χ3n) is 7.50. The Morgan fingerprint density at radius 1 is 0.980 bits per heavy atom. The highest BCUT2D eigenvalue weighted by atomic mass is 32.2. The Bertz CT molecular complexity index is 1920. The molecular weight excluding hydrogens is 731 g/mol. The lowest BCUT2D eigenvalue weighted by molar-refractivity contribution is -0.0235. The highest BCUT2D eigenvalue weighted by Gasteiger charge is 2.43. The van der Waals surface area contributed by atoms with Gasteiger partial charge in [-0.25, -0.2) is 23.3 Å². The Kier molecular flexibility index (Phi) is 11.6. The molecule has 0 bridgehead atoms. The van der Waals surface area contributed by atoms with Crippen LogP contribution >= 0.6 is 35.2 Å². The number of fused-ring (bicyclic) bond motifs is 3. The predicted molar refractivity (Wildman–Crippen MR) is 174 cm³/mol. The molecule has 1 aliphatic heterocycles. The molecule has 1 saturated heterocycles. The van der Waals surface area contributed by atoms with Crippen molar-refractivity contribution in [3.8, 4) is 11.1 Å². The van der Waals surface area contributed by atoms with Gasteiger partial charge in [0, 0.05) is 41.6 Å². The maximum Gasteiger partial charge on any atom is 0.490 e. The number of nitrogens with zero attached hydrogens (tertiary/aromatic N) is 1. The molecule has 266 valence electrons. The van der Waals surface area contributed by atoms with Crippen LogP contribution in [0.4, 0.5) is 4.79 Å². The summed E-state index contributed by atoms with van der Waals surface area (Å²) < 4.78 is 59.7. The molecule has 5 atom stereocenters. The van der Waals surface area contributed by atoms with Crippen molar-refractivity contribution < 1.29 is 60.7 Å².